The van der Waals surface area contributed by atoms with Crippen LogP contribution in [0.15, 0.2) is 36.4 Å². The Morgan fingerprint density at radius 1 is 1.03 bits per heavy atom. The number of nitrogens with zero attached hydrogens (tertiary/aromatic N) is 2. The van der Waals surface area contributed by atoms with Crippen LogP contribution in [0.5, 0.6) is 17.2 Å². The molecule has 1 aliphatic rings. The van der Waals surface area contributed by atoms with Gasteiger partial charge in [-0.05, 0) is 60.4 Å². The van der Waals surface area contributed by atoms with Gasteiger partial charge in [0.2, 0.25) is 5.95 Å². The first kappa shape index (κ1) is 21.3. The average Bonchev–Trinajstić information content (AvgIpc) is 2.82. The van der Waals surface area contributed by atoms with E-state index in [4.69, 9.17) is 25.7 Å². The van der Waals surface area contributed by atoms with Crippen LogP contribution in [0.25, 0.3) is 11.1 Å². The molecule has 0 amide bonds. The standard InChI is InChI=1S/C25H26N4O3/c1-4-21-20(24(26)29-25(27)28-21)7-5-15(2)17-11-18(13-19(12-17)30-3)16-6-8-22-23(14-16)32-10-9-31-22/h6,8,11-15H,4,9-10H2,1-3H3,(H4,26,27,28,29). The molecule has 164 valence electrons. The molecular formula is C25H26N4O3. The number of anilines is 2. The van der Waals surface area contributed by atoms with E-state index in [0.29, 0.717) is 31.0 Å². The van der Waals surface area contributed by atoms with Crippen molar-refractivity contribution in [2.45, 2.75) is 26.2 Å². The zero-order chi connectivity index (χ0) is 22.7. The van der Waals surface area contributed by atoms with Crippen molar-refractivity contribution < 1.29 is 14.2 Å². The number of hydrogen-bond acceptors (Lipinski definition) is 7. The summed E-state index contributed by atoms with van der Waals surface area (Å²) < 4.78 is 16.9. The van der Waals surface area contributed by atoms with Crippen LogP contribution in [-0.4, -0.2) is 30.3 Å². The number of fused-ring (bicyclic) bond motifs is 1. The molecule has 7 heteroatoms. The topological polar surface area (TPSA) is 106 Å². The molecule has 7 nitrogen and oxygen atoms in total. The second-order valence-corrected chi connectivity index (χ2v) is 7.49. The van der Waals surface area contributed by atoms with E-state index in [1.165, 1.54) is 0 Å². The summed E-state index contributed by atoms with van der Waals surface area (Å²) in [5.74, 6) is 9.09. The molecule has 0 aliphatic carbocycles. The number of hydrogen-bond donors (Lipinski definition) is 2. The van der Waals surface area contributed by atoms with Crippen molar-refractivity contribution in [3.8, 4) is 40.2 Å². The van der Waals surface area contributed by atoms with Crippen LogP contribution in [-0.2, 0) is 6.42 Å². The zero-order valence-electron chi connectivity index (χ0n) is 18.4. The average molecular weight is 431 g/mol. The van der Waals surface area contributed by atoms with Crippen molar-refractivity contribution >= 4 is 11.8 Å². The maximum Gasteiger partial charge on any atom is 0.222 e. The number of aromatic nitrogens is 2. The first-order valence-electron chi connectivity index (χ1n) is 10.5. The molecule has 2 aromatic carbocycles. The normalized spacial score (nSPS) is 13.1. The summed E-state index contributed by atoms with van der Waals surface area (Å²) in [5, 5.41) is 0. The second kappa shape index (κ2) is 9.06. The van der Waals surface area contributed by atoms with Gasteiger partial charge in [0.15, 0.2) is 11.5 Å². The summed E-state index contributed by atoms with van der Waals surface area (Å²) in [6.45, 7) is 5.13. The highest BCUT2D eigenvalue weighted by molar-refractivity contribution is 5.70. The summed E-state index contributed by atoms with van der Waals surface area (Å²) in [7, 11) is 1.66. The van der Waals surface area contributed by atoms with E-state index in [1.54, 1.807) is 7.11 Å². The molecule has 4 N–H and O–H groups in total. The van der Waals surface area contributed by atoms with Crippen LogP contribution >= 0.6 is 0 Å². The molecule has 0 spiro atoms. The highest BCUT2D eigenvalue weighted by atomic mass is 16.6. The predicted octanol–water partition coefficient (Wildman–Crippen LogP) is 3.81. The molecule has 3 aromatic rings. The van der Waals surface area contributed by atoms with Crippen LogP contribution in [0.2, 0.25) is 0 Å². The summed E-state index contributed by atoms with van der Waals surface area (Å²) in [6.07, 6.45) is 0.669. The number of nitrogen functional groups attached to an aromatic ring is 2. The fraction of sp³-hybridized carbons (Fsp3) is 0.280. The van der Waals surface area contributed by atoms with Crippen LogP contribution in [0, 0.1) is 11.8 Å². The summed E-state index contributed by atoms with van der Waals surface area (Å²) >= 11 is 0. The van der Waals surface area contributed by atoms with Crippen LogP contribution in [0.1, 0.15) is 36.6 Å². The van der Waals surface area contributed by atoms with Crippen molar-refractivity contribution in [3.63, 3.8) is 0 Å². The highest BCUT2D eigenvalue weighted by Gasteiger charge is 2.15. The number of benzene rings is 2. The van der Waals surface area contributed by atoms with E-state index in [2.05, 4.69) is 27.9 Å². The van der Waals surface area contributed by atoms with Gasteiger partial charge < -0.3 is 25.7 Å². The molecule has 0 saturated heterocycles. The van der Waals surface area contributed by atoms with Crippen molar-refractivity contribution in [1.82, 2.24) is 9.97 Å². The number of aryl methyl sites for hydroxylation is 1. The Hall–Kier alpha value is -3.92. The molecule has 32 heavy (non-hydrogen) atoms. The Morgan fingerprint density at radius 2 is 1.81 bits per heavy atom. The van der Waals surface area contributed by atoms with Gasteiger partial charge in [0, 0.05) is 5.92 Å². The number of methoxy groups -OCH3 is 1. The van der Waals surface area contributed by atoms with E-state index in [-0.39, 0.29) is 11.9 Å². The zero-order valence-corrected chi connectivity index (χ0v) is 18.4. The third-order valence-corrected chi connectivity index (χ3v) is 5.32. The molecule has 4 rings (SSSR count). The van der Waals surface area contributed by atoms with Crippen LogP contribution in [0.4, 0.5) is 11.8 Å². The number of nitrogens with two attached hydrogens (primary N) is 2. The Kier molecular flexibility index (Phi) is 6.04. The smallest absolute Gasteiger partial charge is 0.222 e. The SMILES string of the molecule is CCc1nc(N)nc(N)c1C#CC(C)c1cc(OC)cc(-c2ccc3c(c2)OCCO3)c1. The minimum atomic E-state index is -0.0808. The molecule has 1 aliphatic heterocycles. The van der Waals surface area contributed by atoms with Gasteiger partial charge in [0.25, 0.3) is 0 Å². The summed E-state index contributed by atoms with van der Waals surface area (Å²) in [4.78, 5) is 8.31. The lowest BCUT2D eigenvalue weighted by atomic mass is 9.95. The summed E-state index contributed by atoms with van der Waals surface area (Å²) in [6, 6.07) is 12.0. The Labute approximate surface area is 187 Å². The molecular weight excluding hydrogens is 404 g/mol. The fourth-order valence-corrected chi connectivity index (χ4v) is 3.58. The van der Waals surface area contributed by atoms with E-state index >= 15 is 0 Å². The fourth-order valence-electron chi connectivity index (χ4n) is 3.58. The molecule has 0 radical (unpaired) electrons. The van der Waals surface area contributed by atoms with Crippen molar-refractivity contribution in [2.75, 3.05) is 31.8 Å². The minimum Gasteiger partial charge on any atom is -0.497 e. The molecule has 2 heterocycles. The molecule has 1 aromatic heterocycles. The van der Waals surface area contributed by atoms with Crippen molar-refractivity contribution in [1.29, 1.82) is 0 Å². The Bertz CT molecular complexity index is 1210. The molecule has 0 fully saturated rings. The quantitative estimate of drug-likeness (QED) is 0.606. The van der Waals surface area contributed by atoms with Gasteiger partial charge in [0.05, 0.1) is 18.4 Å². The van der Waals surface area contributed by atoms with Gasteiger partial charge in [-0.3, -0.25) is 0 Å². The monoisotopic (exact) mass is 430 g/mol. The van der Waals surface area contributed by atoms with Gasteiger partial charge in [0.1, 0.15) is 24.8 Å². The molecule has 0 bridgehead atoms. The van der Waals surface area contributed by atoms with Gasteiger partial charge >= 0.3 is 0 Å². The largest absolute Gasteiger partial charge is 0.497 e. The maximum atomic E-state index is 6.05. The number of rotatable bonds is 4. The number of ether oxygens (including phenoxy) is 3. The lowest BCUT2D eigenvalue weighted by Crippen LogP contribution is -2.15. The van der Waals surface area contributed by atoms with Gasteiger partial charge in [-0.2, -0.15) is 4.98 Å². The third kappa shape index (κ3) is 4.40. The third-order valence-electron chi connectivity index (χ3n) is 5.32. The van der Waals surface area contributed by atoms with E-state index in [1.807, 2.05) is 44.2 Å². The van der Waals surface area contributed by atoms with Crippen LogP contribution < -0.4 is 25.7 Å². The lowest BCUT2D eigenvalue weighted by molar-refractivity contribution is 0.171. The van der Waals surface area contributed by atoms with Gasteiger partial charge in [-0.1, -0.05) is 24.8 Å². The predicted molar refractivity (Wildman–Crippen MR) is 125 cm³/mol. The summed E-state index contributed by atoms with van der Waals surface area (Å²) in [5.41, 5.74) is 16.2. The van der Waals surface area contributed by atoms with Gasteiger partial charge in [-0.15, -0.1) is 0 Å². The molecule has 1 unspecified atom stereocenters. The highest BCUT2D eigenvalue weighted by Crippen LogP contribution is 2.36. The van der Waals surface area contributed by atoms with Crippen LogP contribution in [0.3, 0.4) is 0 Å². The Balaban J connectivity index is 1.69. The van der Waals surface area contributed by atoms with Gasteiger partial charge in [-0.25, -0.2) is 4.98 Å². The Morgan fingerprint density at radius 3 is 2.56 bits per heavy atom. The minimum absolute atomic E-state index is 0.0808. The van der Waals surface area contributed by atoms with Crippen molar-refractivity contribution in [3.05, 3.63) is 53.2 Å². The first-order valence-corrected chi connectivity index (χ1v) is 10.5. The van der Waals surface area contributed by atoms with Crippen molar-refractivity contribution in [2.24, 2.45) is 0 Å². The van der Waals surface area contributed by atoms with E-state index in [9.17, 15) is 0 Å². The lowest BCUT2D eigenvalue weighted by Gasteiger charge is -2.19. The maximum absolute atomic E-state index is 6.05. The first-order chi connectivity index (χ1) is 15.5. The van der Waals surface area contributed by atoms with E-state index < -0.39 is 0 Å². The van der Waals surface area contributed by atoms with E-state index in [0.717, 1.165) is 39.6 Å². The second-order valence-electron chi connectivity index (χ2n) is 7.49. The molecule has 1 atom stereocenters. The molecule has 0 saturated carbocycles.